The van der Waals surface area contributed by atoms with Gasteiger partial charge in [-0.2, -0.15) is 0 Å². The summed E-state index contributed by atoms with van der Waals surface area (Å²) >= 11 is 0. The largest absolute Gasteiger partial charge is 0.399 e. The van der Waals surface area contributed by atoms with Crippen molar-refractivity contribution >= 4 is 5.69 Å². The van der Waals surface area contributed by atoms with Crippen molar-refractivity contribution < 1.29 is 4.39 Å². The molecule has 1 heterocycles. The summed E-state index contributed by atoms with van der Waals surface area (Å²) in [5, 5.41) is 11.9. The molecular formula is C15H22FN5. The fourth-order valence-corrected chi connectivity index (χ4v) is 2.53. The topological polar surface area (TPSA) is 69.6 Å². The predicted molar refractivity (Wildman–Crippen MR) is 81.1 cm³/mol. The number of nitrogens with two attached hydrogens (primary N) is 1. The van der Waals surface area contributed by atoms with E-state index in [1.54, 1.807) is 6.07 Å². The van der Waals surface area contributed by atoms with Gasteiger partial charge in [0.2, 0.25) is 0 Å². The molecule has 0 saturated carbocycles. The molecule has 0 spiro atoms. The van der Waals surface area contributed by atoms with E-state index < -0.39 is 0 Å². The first-order valence-electron chi connectivity index (χ1n) is 7.50. The minimum Gasteiger partial charge on any atom is -0.399 e. The predicted octanol–water partition coefficient (Wildman–Crippen LogP) is 3.59. The lowest BCUT2D eigenvalue weighted by Gasteiger charge is -2.17. The maximum absolute atomic E-state index is 13.5. The number of hydrogen-bond donors (Lipinski definition) is 1. The van der Waals surface area contributed by atoms with E-state index in [0.717, 1.165) is 32.1 Å². The van der Waals surface area contributed by atoms with E-state index in [-0.39, 0.29) is 11.9 Å². The quantitative estimate of drug-likeness (QED) is 0.791. The number of aromatic nitrogens is 4. The van der Waals surface area contributed by atoms with Crippen molar-refractivity contribution in [3.05, 3.63) is 24.0 Å². The summed E-state index contributed by atoms with van der Waals surface area (Å²) in [4.78, 5) is 0. The number of anilines is 1. The summed E-state index contributed by atoms with van der Waals surface area (Å²) in [6.07, 6.45) is 5.33. The third kappa shape index (κ3) is 3.77. The Bertz CT molecular complexity index is 561. The molecule has 1 aromatic heterocycles. The second kappa shape index (κ2) is 7.15. The van der Waals surface area contributed by atoms with E-state index in [4.69, 9.17) is 5.73 Å². The van der Waals surface area contributed by atoms with Gasteiger partial charge in [-0.05, 0) is 41.5 Å². The molecule has 2 aromatic rings. The first kappa shape index (κ1) is 15.4. The summed E-state index contributed by atoms with van der Waals surface area (Å²) in [5.74, 6) is 0.205. The van der Waals surface area contributed by atoms with Crippen LogP contribution in [-0.2, 0) is 0 Å². The standard InChI is InChI=1S/C15H22FN5/c1-3-5-7-14(6-4-2)21-15(18-19-20-21)11-8-12(16)10-13(17)9-11/h8-10,14H,3-7,17H2,1-2H3. The van der Waals surface area contributed by atoms with Gasteiger partial charge in [-0.3, -0.25) is 0 Å². The molecule has 0 radical (unpaired) electrons. The molecule has 1 atom stereocenters. The van der Waals surface area contributed by atoms with Crippen molar-refractivity contribution in [1.29, 1.82) is 0 Å². The Morgan fingerprint density at radius 3 is 2.67 bits per heavy atom. The average molecular weight is 291 g/mol. The third-order valence-electron chi connectivity index (χ3n) is 3.53. The molecule has 0 aliphatic rings. The number of tetrazole rings is 1. The Hall–Kier alpha value is -1.98. The molecule has 0 aliphatic carbocycles. The van der Waals surface area contributed by atoms with Crippen LogP contribution in [0.4, 0.5) is 10.1 Å². The number of benzene rings is 1. The van der Waals surface area contributed by atoms with Crippen LogP contribution >= 0.6 is 0 Å². The smallest absolute Gasteiger partial charge is 0.182 e. The number of halogens is 1. The van der Waals surface area contributed by atoms with Crippen LogP contribution in [0.1, 0.15) is 52.0 Å². The SMILES string of the molecule is CCCCC(CCC)n1nnnc1-c1cc(N)cc(F)c1. The minimum absolute atomic E-state index is 0.240. The monoisotopic (exact) mass is 291 g/mol. The van der Waals surface area contributed by atoms with Crippen LogP contribution in [0.3, 0.4) is 0 Å². The maximum Gasteiger partial charge on any atom is 0.182 e. The van der Waals surface area contributed by atoms with Crippen LogP contribution in [0.5, 0.6) is 0 Å². The molecule has 5 nitrogen and oxygen atoms in total. The van der Waals surface area contributed by atoms with Gasteiger partial charge in [0.15, 0.2) is 5.82 Å². The number of unbranched alkanes of at least 4 members (excludes halogenated alkanes) is 1. The molecule has 0 amide bonds. The molecule has 1 aromatic carbocycles. The van der Waals surface area contributed by atoms with E-state index in [2.05, 4.69) is 29.4 Å². The van der Waals surface area contributed by atoms with Gasteiger partial charge in [-0.15, -0.1) is 5.10 Å². The second-order valence-electron chi connectivity index (χ2n) is 5.31. The molecule has 0 saturated heterocycles. The van der Waals surface area contributed by atoms with Crippen LogP contribution in [0, 0.1) is 5.82 Å². The Morgan fingerprint density at radius 1 is 1.19 bits per heavy atom. The maximum atomic E-state index is 13.5. The van der Waals surface area contributed by atoms with Gasteiger partial charge in [-0.25, -0.2) is 9.07 Å². The highest BCUT2D eigenvalue weighted by Crippen LogP contribution is 2.27. The minimum atomic E-state index is -0.375. The van der Waals surface area contributed by atoms with Crippen LogP contribution < -0.4 is 5.73 Å². The Labute approximate surface area is 124 Å². The fraction of sp³-hybridized carbons (Fsp3) is 0.533. The van der Waals surface area contributed by atoms with Crippen LogP contribution in [-0.4, -0.2) is 20.2 Å². The third-order valence-corrected chi connectivity index (χ3v) is 3.53. The van der Waals surface area contributed by atoms with Crippen molar-refractivity contribution in [2.45, 2.75) is 52.0 Å². The van der Waals surface area contributed by atoms with Gasteiger partial charge < -0.3 is 5.73 Å². The summed E-state index contributed by atoms with van der Waals surface area (Å²) in [5.41, 5.74) is 6.71. The van der Waals surface area contributed by atoms with Crippen LogP contribution in [0.2, 0.25) is 0 Å². The lowest BCUT2D eigenvalue weighted by Crippen LogP contribution is -2.12. The van der Waals surface area contributed by atoms with Crippen molar-refractivity contribution in [3.8, 4) is 11.4 Å². The number of nitrogen functional groups attached to an aromatic ring is 1. The van der Waals surface area contributed by atoms with Gasteiger partial charge >= 0.3 is 0 Å². The molecule has 114 valence electrons. The van der Waals surface area contributed by atoms with Crippen LogP contribution in [0.15, 0.2) is 18.2 Å². The normalized spacial score (nSPS) is 12.5. The van der Waals surface area contributed by atoms with Gasteiger partial charge in [0.05, 0.1) is 6.04 Å². The molecule has 0 aliphatic heterocycles. The summed E-state index contributed by atoms with van der Waals surface area (Å²) < 4.78 is 15.4. The zero-order chi connectivity index (χ0) is 15.2. The fourth-order valence-electron chi connectivity index (χ4n) is 2.53. The molecule has 2 rings (SSSR count). The highest BCUT2D eigenvalue weighted by Gasteiger charge is 2.18. The zero-order valence-electron chi connectivity index (χ0n) is 12.6. The highest BCUT2D eigenvalue weighted by molar-refractivity contribution is 5.61. The lowest BCUT2D eigenvalue weighted by molar-refractivity contribution is 0.380. The number of nitrogens with zero attached hydrogens (tertiary/aromatic N) is 4. The Kier molecular flexibility index (Phi) is 5.25. The second-order valence-corrected chi connectivity index (χ2v) is 5.31. The molecular weight excluding hydrogens is 269 g/mol. The average Bonchev–Trinajstić information content (AvgIpc) is 2.91. The molecule has 1 unspecified atom stereocenters. The molecule has 6 heteroatoms. The molecule has 21 heavy (non-hydrogen) atoms. The Balaban J connectivity index is 2.35. The van der Waals surface area contributed by atoms with Gasteiger partial charge in [0.25, 0.3) is 0 Å². The van der Waals surface area contributed by atoms with E-state index in [0.29, 0.717) is 17.1 Å². The summed E-state index contributed by atoms with van der Waals surface area (Å²) in [7, 11) is 0. The van der Waals surface area contributed by atoms with Gasteiger partial charge in [0.1, 0.15) is 5.82 Å². The van der Waals surface area contributed by atoms with Gasteiger partial charge in [-0.1, -0.05) is 33.1 Å². The molecule has 0 bridgehead atoms. The zero-order valence-corrected chi connectivity index (χ0v) is 12.6. The summed E-state index contributed by atoms with van der Waals surface area (Å²) in [6.45, 7) is 4.31. The van der Waals surface area contributed by atoms with Gasteiger partial charge in [0, 0.05) is 11.3 Å². The first-order valence-corrected chi connectivity index (χ1v) is 7.50. The lowest BCUT2D eigenvalue weighted by atomic mass is 10.0. The van der Waals surface area contributed by atoms with E-state index in [1.165, 1.54) is 12.1 Å². The summed E-state index contributed by atoms with van der Waals surface area (Å²) in [6, 6.07) is 4.65. The van der Waals surface area contributed by atoms with Crippen LogP contribution in [0.25, 0.3) is 11.4 Å². The van der Waals surface area contributed by atoms with Crippen molar-refractivity contribution in [1.82, 2.24) is 20.2 Å². The Morgan fingerprint density at radius 2 is 2.00 bits per heavy atom. The first-order chi connectivity index (χ1) is 10.2. The van der Waals surface area contributed by atoms with E-state index in [9.17, 15) is 4.39 Å². The molecule has 0 fully saturated rings. The number of hydrogen-bond acceptors (Lipinski definition) is 4. The molecule has 2 N–H and O–H groups in total. The van der Waals surface area contributed by atoms with Crippen molar-refractivity contribution in [3.63, 3.8) is 0 Å². The van der Waals surface area contributed by atoms with Crippen molar-refractivity contribution in [2.24, 2.45) is 0 Å². The van der Waals surface area contributed by atoms with E-state index in [1.807, 2.05) is 4.68 Å². The highest BCUT2D eigenvalue weighted by atomic mass is 19.1. The van der Waals surface area contributed by atoms with E-state index >= 15 is 0 Å². The van der Waals surface area contributed by atoms with Crippen molar-refractivity contribution in [2.75, 3.05) is 5.73 Å². The number of rotatable bonds is 7.